The van der Waals surface area contributed by atoms with Gasteiger partial charge >= 0.3 is 0 Å². The standard InChI is InChI=1S/C51H33N5/c1-4-14-34(15-5-1)36-24-26-39(27-25-36)50-52-49(38-18-8-3-9-19-38)53-51(54-50)56-44-22-12-10-20-41(44)42-32-33-46-47(48(42)56)43-21-11-13-23-45(43)55(46)40-30-28-37(29-31-40)35-16-6-2-7-17-35/h1-33H/i2D,6D,7D,16D,17D,28D,29D,30D,31D. The first kappa shape index (κ1) is 23.9. The molecular weight excluding hydrogens is 683 g/mol. The monoisotopic (exact) mass is 724 g/mol. The second-order valence-electron chi connectivity index (χ2n) is 13.4. The Balaban J connectivity index is 1.20. The van der Waals surface area contributed by atoms with Crippen molar-refractivity contribution in [3.63, 3.8) is 0 Å². The van der Waals surface area contributed by atoms with Crippen LogP contribution in [0.25, 0.3) is 100 Å². The van der Waals surface area contributed by atoms with E-state index in [2.05, 4.69) is 24.3 Å². The Morgan fingerprint density at radius 1 is 0.357 bits per heavy atom. The summed E-state index contributed by atoms with van der Waals surface area (Å²) < 4.78 is 82.9. The highest BCUT2D eigenvalue weighted by atomic mass is 15.2. The number of hydrogen-bond donors (Lipinski definition) is 0. The van der Waals surface area contributed by atoms with Gasteiger partial charge in [-0.15, -0.1) is 0 Å². The molecule has 0 atom stereocenters. The molecular formula is C51H33N5. The summed E-state index contributed by atoms with van der Waals surface area (Å²) in [7, 11) is 0. The third-order valence-electron chi connectivity index (χ3n) is 10.2. The average molecular weight is 725 g/mol. The third-order valence-corrected chi connectivity index (χ3v) is 10.2. The molecule has 0 saturated carbocycles. The lowest BCUT2D eigenvalue weighted by molar-refractivity contribution is 0.955. The van der Waals surface area contributed by atoms with E-state index in [-0.39, 0.29) is 11.3 Å². The Morgan fingerprint density at radius 2 is 0.893 bits per heavy atom. The summed E-state index contributed by atoms with van der Waals surface area (Å²) in [5.74, 6) is 1.31. The summed E-state index contributed by atoms with van der Waals surface area (Å²) in [6.45, 7) is 0. The second-order valence-corrected chi connectivity index (χ2v) is 13.4. The van der Waals surface area contributed by atoms with Gasteiger partial charge in [0.2, 0.25) is 5.95 Å². The fourth-order valence-electron chi connectivity index (χ4n) is 7.63. The average Bonchev–Trinajstić information content (AvgIpc) is 3.86. The first-order chi connectivity index (χ1) is 31.5. The van der Waals surface area contributed by atoms with Gasteiger partial charge in [0.15, 0.2) is 11.6 Å². The van der Waals surface area contributed by atoms with Crippen molar-refractivity contribution in [1.29, 1.82) is 0 Å². The summed E-state index contributed by atoms with van der Waals surface area (Å²) >= 11 is 0. The van der Waals surface area contributed by atoms with E-state index in [9.17, 15) is 5.48 Å². The Morgan fingerprint density at radius 3 is 1.59 bits per heavy atom. The molecule has 262 valence electrons. The Hall–Kier alpha value is -7.63. The quantitative estimate of drug-likeness (QED) is 0.172. The maximum atomic E-state index is 9.44. The van der Waals surface area contributed by atoms with Crippen molar-refractivity contribution in [2.75, 3.05) is 0 Å². The summed E-state index contributed by atoms with van der Waals surface area (Å²) in [5, 5.41) is 3.33. The Kier molecular flexibility index (Phi) is 5.57. The van der Waals surface area contributed by atoms with Gasteiger partial charge in [-0.1, -0.05) is 170 Å². The minimum absolute atomic E-state index is 0.0583. The minimum Gasteiger partial charge on any atom is -0.309 e. The van der Waals surface area contributed by atoms with Crippen molar-refractivity contribution >= 4 is 43.6 Å². The van der Waals surface area contributed by atoms with Crippen LogP contribution in [0.5, 0.6) is 0 Å². The van der Waals surface area contributed by atoms with Crippen LogP contribution in [0.3, 0.4) is 0 Å². The predicted octanol–water partition coefficient (Wildman–Crippen LogP) is 12.7. The van der Waals surface area contributed by atoms with Crippen molar-refractivity contribution < 1.29 is 12.3 Å². The Bertz CT molecular complexity index is 3700. The minimum atomic E-state index is -0.633. The van der Waals surface area contributed by atoms with Crippen molar-refractivity contribution in [1.82, 2.24) is 24.1 Å². The van der Waals surface area contributed by atoms with E-state index in [0.29, 0.717) is 28.6 Å². The molecule has 0 N–H and O–H groups in total. The fraction of sp³-hybridized carbons (Fsp3) is 0. The van der Waals surface area contributed by atoms with E-state index in [1.807, 2.05) is 126 Å². The van der Waals surface area contributed by atoms with Gasteiger partial charge in [0.1, 0.15) is 0 Å². The number of aromatic nitrogens is 5. The molecule has 0 bridgehead atoms. The molecule has 11 aromatic rings. The van der Waals surface area contributed by atoms with E-state index < -0.39 is 59.9 Å². The van der Waals surface area contributed by atoms with Gasteiger partial charge in [-0.25, -0.2) is 4.98 Å². The lowest BCUT2D eigenvalue weighted by Crippen LogP contribution is -2.06. The van der Waals surface area contributed by atoms with Gasteiger partial charge in [0.05, 0.1) is 34.4 Å². The molecule has 0 unspecified atom stereocenters. The molecule has 5 nitrogen and oxygen atoms in total. The van der Waals surface area contributed by atoms with Crippen LogP contribution in [-0.2, 0) is 0 Å². The zero-order chi connectivity index (χ0) is 44.8. The second kappa shape index (κ2) is 13.0. The molecule has 0 spiro atoms. The molecule has 0 saturated heterocycles. The molecule has 0 radical (unpaired) electrons. The van der Waals surface area contributed by atoms with Gasteiger partial charge in [-0.2, -0.15) is 9.97 Å². The van der Waals surface area contributed by atoms with Crippen LogP contribution in [0.1, 0.15) is 12.3 Å². The highest BCUT2D eigenvalue weighted by Crippen LogP contribution is 2.42. The van der Waals surface area contributed by atoms with Crippen LogP contribution in [0, 0.1) is 0 Å². The molecule has 3 aromatic heterocycles. The SMILES string of the molecule is [2H]c1c([2H])c([2H])c(-c2c([2H])c([2H])c(-n3c4ccccc4c4c3ccc3c5ccccc5n(-c5nc(-c6ccccc6)nc(-c6ccc(-c7ccccc7)cc6)n5)c34)c([2H])c2[2H])c([2H])c1[2H]. The normalized spacial score (nSPS) is 13.8. The number of benzene rings is 8. The molecule has 0 amide bonds. The van der Waals surface area contributed by atoms with Crippen LogP contribution in [0.15, 0.2) is 200 Å². The maximum absolute atomic E-state index is 9.44. The number of fused-ring (bicyclic) bond motifs is 7. The smallest absolute Gasteiger partial charge is 0.238 e. The van der Waals surface area contributed by atoms with Crippen molar-refractivity contribution in [3.05, 3.63) is 200 Å². The van der Waals surface area contributed by atoms with Gasteiger partial charge in [0.25, 0.3) is 0 Å². The summed E-state index contributed by atoms with van der Waals surface area (Å²) in [6, 6.07) is 42.4. The number of nitrogens with zero attached hydrogens (tertiary/aromatic N) is 5. The first-order valence-electron chi connectivity index (χ1n) is 22.6. The van der Waals surface area contributed by atoms with E-state index in [1.165, 1.54) is 0 Å². The van der Waals surface area contributed by atoms with E-state index in [4.69, 9.17) is 21.8 Å². The molecule has 8 aromatic carbocycles. The predicted molar refractivity (Wildman–Crippen MR) is 230 cm³/mol. The molecule has 56 heavy (non-hydrogen) atoms. The van der Waals surface area contributed by atoms with Crippen LogP contribution >= 0.6 is 0 Å². The third kappa shape index (κ3) is 5.21. The zero-order valence-electron chi connectivity index (χ0n) is 38.6. The molecule has 0 aliphatic rings. The van der Waals surface area contributed by atoms with E-state index >= 15 is 0 Å². The summed E-state index contributed by atoms with van der Waals surface area (Å²) in [6.07, 6.45) is 0. The number of hydrogen-bond acceptors (Lipinski definition) is 3. The van der Waals surface area contributed by atoms with Gasteiger partial charge < -0.3 is 4.57 Å². The fourth-order valence-corrected chi connectivity index (χ4v) is 7.63. The van der Waals surface area contributed by atoms with Gasteiger partial charge in [-0.3, -0.25) is 4.57 Å². The van der Waals surface area contributed by atoms with Crippen molar-refractivity contribution in [3.8, 4) is 56.7 Å². The molecule has 5 heteroatoms. The maximum Gasteiger partial charge on any atom is 0.238 e. The van der Waals surface area contributed by atoms with Crippen LogP contribution in [0.4, 0.5) is 0 Å². The molecule has 0 aliphatic heterocycles. The lowest BCUT2D eigenvalue weighted by Gasteiger charge is -2.12. The highest BCUT2D eigenvalue weighted by molar-refractivity contribution is 6.26. The van der Waals surface area contributed by atoms with Crippen LogP contribution < -0.4 is 0 Å². The Labute approximate surface area is 336 Å². The van der Waals surface area contributed by atoms with Crippen molar-refractivity contribution in [2.24, 2.45) is 0 Å². The first-order valence-corrected chi connectivity index (χ1v) is 18.1. The number of rotatable bonds is 6. The summed E-state index contributed by atoms with van der Waals surface area (Å²) in [4.78, 5) is 15.4. The molecule has 11 rings (SSSR count). The lowest BCUT2D eigenvalue weighted by atomic mass is 10.0. The number of para-hydroxylation sites is 2. The van der Waals surface area contributed by atoms with Crippen LogP contribution in [0.2, 0.25) is 0 Å². The summed E-state index contributed by atoms with van der Waals surface area (Å²) in [5.41, 5.74) is 5.67. The van der Waals surface area contributed by atoms with Gasteiger partial charge in [0, 0.05) is 38.4 Å². The van der Waals surface area contributed by atoms with Crippen LogP contribution in [-0.4, -0.2) is 24.1 Å². The molecule has 0 aliphatic carbocycles. The zero-order valence-corrected chi connectivity index (χ0v) is 29.6. The molecule has 3 heterocycles. The van der Waals surface area contributed by atoms with E-state index in [0.717, 1.165) is 54.8 Å². The van der Waals surface area contributed by atoms with E-state index in [1.54, 1.807) is 4.57 Å². The van der Waals surface area contributed by atoms with Gasteiger partial charge in [-0.05, 0) is 52.5 Å². The largest absolute Gasteiger partial charge is 0.309 e. The van der Waals surface area contributed by atoms with Crippen molar-refractivity contribution in [2.45, 2.75) is 0 Å². The molecule has 0 fully saturated rings. The highest BCUT2D eigenvalue weighted by Gasteiger charge is 2.23. The topological polar surface area (TPSA) is 48.5 Å².